The Morgan fingerprint density at radius 2 is 1.68 bits per heavy atom. The molecule has 3 aromatic rings. The Balaban J connectivity index is 1.55. The van der Waals surface area contributed by atoms with Crippen molar-refractivity contribution in [2.75, 3.05) is 37.1 Å². The first kappa shape index (κ1) is 24.0. The predicted octanol–water partition coefficient (Wildman–Crippen LogP) is 3.56. The second-order valence-corrected chi connectivity index (χ2v) is 10.0. The average molecular weight is 505 g/mol. The highest BCUT2D eigenvalue weighted by Crippen LogP contribution is 2.32. The molecule has 1 aromatic heterocycles. The molecule has 0 atom stereocenters. The van der Waals surface area contributed by atoms with E-state index in [9.17, 15) is 8.42 Å². The standard InChI is InChI=1S/C22H25ClN6O4S/c1-32-18-13-15(33-14-9-11-24-12-10-14)7-8-16(18)25-21-27-20(23)28-22(29-21)26-17-5-3-4-6-19(17)34(2,30)31/h3-8,13-14,24H,9-12H2,1-2H3,(H2,25,26,27,28,29). The number of methoxy groups -OCH3 is 1. The van der Waals surface area contributed by atoms with Crippen molar-refractivity contribution < 1.29 is 17.9 Å². The van der Waals surface area contributed by atoms with E-state index in [4.69, 9.17) is 21.1 Å². The normalized spacial score (nSPS) is 14.4. The quantitative estimate of drug-likeness (QED) is 0.419. The van der Waals surface area contributed by atoms with Crippen LogP contribution in [0.15, 0.2) is 47.4 Å². The topological polar surface area (TPSA) is 127 Å². The Morgan fingerprint density at radius 1 is 1.00 bits per heavy atom. The van der Waals surface area contributed by atoms with Crippen LogP contribution in [0.4, 0.5) is 23.3 Å². The maximum atomic E-state index is 12.1. The van der Waals surface area contributed by atoms with Gasteiger partial charge in [0.05, 0.1) is 23.4 Å². The Hall–Kier alpha value is -3.15. The van der Waals surface area contributed by atoms with Gasteiger partial charge in [-0.1, -0.05) is 12.1 Å². The SMILES string of the molecule is COc1cc(OC2CCNCC2)ccc1Nc1nc(Cl)nc(Nc2ccccc2S(C)(=O)=O)n1. The molecule has 1 fully saturated rings. The van der Waals surface area contributed by atoms with E-state index < -0.39 is 9.84 Å². The fourth-order valence-corrected chi connectivity index (χ4v) is 4.55. The van der Waals surface area contributed by atoms with Crippen LogP contribution in [0.25, 0.3) is 0 Å². The fraction of sp³-hybridized carbons (Fsp3) is 0.318. The molecule has 0 bridgehead atoms. The number of piperidine rings is 1. The van der Waals surface area contributed by atoms with Crippen LogP contribution in [0, 0.1) is 0 Å². The molecule has 0 spiro atoms. The Morgan fingerprint density at radius 3 is 2.35 bits per heavy atom. The molecule has 0 amide bonds. The van der Waals surface area contributed by atoms with E-state index in [1.165, 1.54) is 6.07 Å². The molecular weight excluding hydrogens is 480 g/mol. The lowest BCUT2D eigenvalue weighted by Crippen LogP contribution is -2.34. The number of aromatic nitrogens is 3. The van der Waals surface area contributed by atoms with Gasteiger partial charge in [0, 0.05) is 12.3 Å². The van der Waals surface area contributed by atoms with Crippen LogP contribution in [0.3, 0.4) is 0 Å². The molecule has 1 aliphatic heterocycles. The van der Waals surface area contributed by atoms with Crippen LogP contribution in [0.2, 0.25) is 5.28 Å². The van der Waals surface area contributed by atoms with E-state index in [2.05, 4.69) is 30.9 Å². The highest BCUT2D eigenvalue weighted by atomic mass is 35.5. The lowest BCUT2D eigenvalue weighted by atomic mass is 10.1. The molecule has 10 nitrogen and oxygen atoms in total. The molecule has 12 heteroatoms. The van der Waals surface area contributed by atoms with E-state index in [-0.39, 0.29) is 28.2 Å². The number of halogens is 1. The van der Waals surface area contributed by atoms with Crippen molar-refractivity contribution in [1.29, 1.82) is 0 Å². The molecular formula is C22H25ClN6O4S. The third-order valence-corrected chi connectivity index (χ3v) is 6.47. The maximum Gasteiger partial charge on any atom is 0.233 e. The van der Waals surface area contributed by atoms with Crippen molar-refractivity contribution in [2.24, 2.45) is 0 Å². The number of hydrogen-bond acceptors (Lipinski definition) is 10. The van der Waals surface area contributed by atoms with Gasteiger partial charge in [-0.3, -0.25) is 0 Å². The fourth-order valence-electron chi connectivity index (χ4n) is 3.55. The van der Waals surface area contributed by atoms with Crippen molar-refractivity contribution in [3.05, 3.63) is 47.7 Å². The first-order valence-electron chi connectivity index (χ1n) is 10.6. The first-order valence-corrected chi connectivity index (χ1v) is 12.9. The summed E-state index contributed by atoms with van der Waals surface area (Å²) < 4.78 is 35.8. The molecule has 4 rings (SSSR count). The minimum Gasteiger partial charge on any atom is -0.494 e. The summed E-state index contributed by atoms with van der Waals surface area (Å²) in [6.45, 7) is 1.87. The summed E-state index contributed by atoms with van der Waals surface area (Å²) in [5.74, 6) is 1.50. The summed E-state index contributed by atoms with van der Waals surface area (Å²) >= 11 is 6.10. The van der Waals surface area contributed by atoms with Gasteiger partial charge in [0.1, 0.15) is 17.6 Å². The predicted molar refractivity (Wildman–Crippen MR) is 130 cm³/mol. The van der Waals surface area contributed by atoms with Crippen molar-refractivity contribution in [1.82, 2.24) is 20.3 Å². The van der Waals surface area contributed by atoms with E-state index in [0.29, 0.717) is 22.9 Å². The first-order chi connectivity index (χ1) is 16.3. The van der Waals surface area contributed by atoms with Crippen molar-refractivity contribution in [2.45, 2.75) is 23.8 Å². The van der Waals surface area contributed by atoms with Crippen molar-refractivity contribution in [3.8, 4) is 11.5 Å². The molecule has 34 heavy (non-hydrogen) atoms. The number of nitrogens with zero attached hydrogens (tertiary/aromatic N) is 3. The summed E-state index contributed by atoms with van der Waals surface area (Å²) in [6, 6.07) is 11.9. The Kier molecular flexibility index (Phi) is 7.35. The van der Waals surface area contributed by atoms with Gasteiger partial charge in [0.2, 0.25) is 17.2 Å². The number of anilines is 4. The molecule has 180 valence electrons. The van der Waals surface area contributed by atoms with E-state index in [1.807, 2.05) is 6.07 Å². The molecule has 1 aliphatic rings. The maximum absolute atomic E-state index is 12.1. The van der Waals surface area contributed by atoms with Gasteiger partial charge < -0.3 is 25.4 Å². The van der Waals surface area contributed by atoms with Gasteiger partial charge in [-0.15, -0.1) is 0 Å². The van der Waals surface area contributed by atoms with Crippen molar-refractivity contribution in [3.63, 3.8) is 0 Å². The van der Waals surface area contributed by atoms with Gasteiger partial charge in [0.15, 0.2) is 9.84 Å². The zero-order valence-corrected chi connectivity index (χ0v) is 20.3. The highest BCUT2D eigenvalue weighted by molar-refractivity contribution is 7.90. The third-order valence-electron chi connectivity index (χ3n) is 5.15. The van der Waals surface area contributed by atoms with Gasteiger partial charge in [0.25, 0.3) is 0 Å². The Bertz CT molecular complexity index is 1270. The van der Waals surface area contributed by atoms with Crippen molar-refractivity contribution >= 4 is 44.7 Å². The summed E-state index contributed by atoms with van der Waals surface area (Å²) in [4.78, 5) is 12.6. The van der Waals surface area contributed by atoms with E-state index in [1.54, 1.807) is 37.4 Å². The van der Waals surface area contributed by atoms with Gasteiger partial charge in [-0.05, 0) is 61.8 Å². The number of hydrogen-bond donors (Lipinski definition) is 3. The lowest BCUT2D eigenvalue weighted by Gasteiger charge is -2.24. The van der Waals surface area contributed by atoms with Gasteiger partial charge in [-0.25, -0.2) is 8.42 Å². The van der Waals surface area contributed by atoms with Crippen LogP contribution in [0.1, 0.15) is 12.8 Å². The molecule has 2 heterocycles. The van der Waals surface area contributed by atoms with Crippen LogP contribution >= 0.6 is 11.6 Å². The second kappa shape index (κ2) is 10.4. The average Bonchev–Trinajstić information content (AvgIpc) is 2.80. The Labute approximate surface area is 203 Å². The largest absolute Gasteiger partial charge is 0.494 e. The summed E-state index contributed by atoms with van der Waals surface area (Å²) in [6.07, 6.45) is 3.19. The lowest BCUT2D eigenvalue weighted by molar-refractivity contribution is 0.162. The number of ether oxygens (including phenoxy) is 2. The van der Waals surface area contributed by atoms with E-state index in [0.717, 1.165) is 32.2 Å². The minimum atomic E-state index is -3.46. The molecule has 0 unspecified atom stereocenters. The van der Waals surface area contributed by atoms with Crippen LogP contribution in [0.5, 0.6) is 11.5 Å². The number of benzene rings is 2. The number of para-hydroxylation sites is 1. The second-order valence-electron chi connectivity index (χ2n) is 7.70. The third kappa shape index (κ3) is 6.04. The van der Waals surface area contributed by atoms with Gasteiger partial charge >= 0.3 is 0 Å². The number of nitrogens with one attached hydrogen (secondary N) is 3. The summed E-state index contributed by atoms with van der Waals surface area (Å²) in [7, 11) is -1.90. The number of sulfone groups is 1. The molecule has 0 aliphatic carbocycles. The molecule has 0 radical (unpaired) electrons. The molecule has 2 aromatic carbocycles. The smallest absolute Gasteiger partial charge is 0.233 e. The van der Waals surface area contributed by atoms with Crippen LogP contribution < -0.4 is 25.4 Å². The minimum absolute atomic E-state index is 0.0679. The highest BCUT2D eigenvalue weighted by Gasteiger charge is 2.17. The molecule has 1 saturated heterocycles. The molecule has 0 saturated carbocycles. The zero-order valence-electron chi connectivity index (χ0n) is 18.7. The molecule has 3 N–H and O–H groups in total. The summed E-state index contributed by atoms with van der Waals surface area (Å²) in [5, 5.41) is 9.22. The van der Waals surface area contributed by atoms with Gasteiger partial charge in [-0.2, -0.15) is 15.0 Å². The van der Waals surface area contributed by atoms with E-state index >= 15 is 0 Å². The number of rotatable bonds is 8. The van der Waals surface area contributed by atoms with Crippen LogP contribution in [-0.2, 0) is 9.84 Å². The monoisotopic (exact) mass is 504 g/mol. The zero-order chi connectivity index (χ0) is 24.1. The van der Waals surface area contributed by atoms with Crippen LogP contribution in [-0.4, -0.2) is 55.9 Å². The summed E-state index contributed by atoms with van der Waals surface area (Å²) in [5.41, 5.74) is 0.931.